The van der Waals surface area contributed by atoms with E-state index >= 15 is 0 Å². The lowest BCUT2D eigenvalue weighted by Crippen LogP contribution is -2.37. The van der Waals surface area contributed by atoms with Gasteiger partial charge in [0.15, 0.2) is 0 Å². The van der Waals surface area contributed by atoms with E-state index in [-0.39, 0.29) is 16.5 Å². The van der Waals surface area contributed by atoms with E-state index in [1.54, 1.807) is 30.0 Å². The summed E-state index contributed by atoms with van der Waals surface area (Å²) in [6.45, 7) is 0.996. The average Bonchev–Trinajstić information content (AvgIpc) is 3.07. The van der Waals surface area contributed by atoms with E-state index in [1.807, 2.05) is 6.07 Å². The van der Waals surface area contributed by atoms with Gasteiger partial charge in [0.1, 0.15) is 10.6 Å². The number of hydrogen-bond donors (Lipinski definition) is 2. The van der Waals surface area contributed by atoms with Crippen LogP contribution in [0, 0.1) is 0 Å². The molecular formula is C15H16BrN3O3S2. The first kappa shape index (κ1) is 17.5. The van der Waals surface area contributed by atoms with E-state index in [2.05, 4.69) is 26.2 Å². The Hall–Kier alpha value is -1.29. The molecule has 2 aromatic rings. The minimum Gasteiger partial charge on any atom is -0.356 e. The molecule has 2 N–H and O–H groups in total. The van der Waals surface area contributed by atoms with Crippen LogP contribution in [0.3, 0.4) is 0 Å². The lowest BCUT2D eigenvalue weighted by atomic mass is 10.3. The van der Waals surface area contributed by atoms with Crippen molar-refractivity contribution in [3.05, 3.63) is 46.7 Å². The summed E-state index contributed by atoms with van der Waals surface area (Å²) in [6, 6.07) is 8.56. The number of thioether (sulfide) groups is 1. The largest absolute Gasteiger partial charge is 0.356 e. The van der Waals surface area contributed by atoms with Crippen LogP contribution >= 0.6 is 27.7 Å². The van der Waals surface area contributed by atoms with Gasteiger partial charge in [0.25, 0.3) is 5.91 Å². The molecule has 0 aliphatic carbocycles. The van der Waals surface area contributed by atoms with Crippen molar-refractivity contribution in [3.63, 3.8) is 0 Å². The number of carbonyl (C=O) groups is 1. The van der Waals surface area contributed by atoms with E-state index in [4.69, 9.17) is 0 Å². The zero-order valence-corrected chi connectivity index (χ0v) is 15.9. The number of aromatic amines is 1. The smallest absolute Gasteiger partial charge is 0.272 e. The van der Waals surface area contributed by atoms with Crippen molar-refractivity contribution in [2.45, 2.75) is 4.90 Å². The molecule has 6 nitrogen and oxygen atoms in total. The van der Waals surface area contributed by atoms with Crippen molar-refractivity contribution in [1.29, 1.82) is 0 Å². The molecule has 0 unspecified atom stereocenters. The van der Waals surface area contributed by atoms with Gasteiger partial charge in [-0.1, -0.05) is 22.0 Å². The van der Waals surface area contributed by atoms with Crippen LogP contribution in [0.15, 0.2) is 45.9 Å². The van der Waals surface area contributed by atoms with Crippen molar-refractivity contribution in [2.24, 2.45) is 0 Å². The molecular weight excluding hydrogens is 414 g/mol. The minimum absolute atomic E-state index is 0.119. The third-order valence-corrected chi connectivity index (χ3v) is 6.90. The standard InChI is InChI=1S/C15H16BrN3O3S2/c16-11-2-1-3-12(8-11)18-15(20)14-9-13(10-17-14)24(21,22)19-4-6-23-7-5-19/h1-3,8-10,17H,4-7H2,(H,18,20). The summed E-state index contributed by atoms with van der Waals surface area (Å²) in [5, 5.41) is 2.73. The van der Waals surface area contributed by atoms with Crippen molar-refractivity contribution < 1.29 is 13.2 Å². The molecule has 0 atom stereocenters. The Kier molecular flexibility index (Phi) is 5.33. The van der Waals surface area contributed by atoms with Crippen molar-refractivity contribution in [3.8, 4) is 0 Å². The fourth-order valence-corrected chi connectivity index (χ4v) is 5.32. The van der Waals surface area contributed by atoms with Gasteiger partial charge in [0, 0.05) is 41.0 Å². The summed E-state index contributed by atoms with van der Waals surface area (Å²) < 4.78 is 27.5. The molecule has 1 amide bonds. The lowest BCUT2D eigenvalue weighted by Gasteiger charge is -2.24. The number of benzene rings is 1. The predicted octanol–water partition coefficient (Wildman–Crippen LogP) is 2.77. The molecule has 24 heavy (non-hydrogen) atoms. The summed E-state index contributed by atoms with van der Waals surface area (Å²) in [6.07, 6.45) is 1.37. The van der Waals surface area contributed by atoms with Crippen molar-refractivity contribution in [2.75, 3.05) is 29.9 Å². The Morgan fingerprint density at radius 1 is 1.25 bits per heavy atom. The number of hydrogen-bond acceptors (Lipinski definition) is 4. The Morgan fingerprint density at radius 3 is 2.71 bits per heavy atom. The highest BCUT2D eigenvalue weighted by Crippen LogP contribution is 2.21. The van der Waals surface area contributed by atoms with Crippen LogP contribution in [0.1, 0.15) is 10.5 Å². The van der Waals surface area contributed by atoms with Gasteiger partial charge in [-0.3, -0.25) is 4.79 Å². The molecule has 0 spiro atoms. The van der Waals surface area contributed by atoms with Crippen molar-refractivity contribution >= 4 is 49.3 Å². The summed E-state index contributed by atoms with van der Waals surface area (Å²) in [7, 11) is -3.55. The number of amides is 1. The summed E-state index contributed by atoms with van der Waals surface area (Å²) in [5.41, 5.74) is 0.835. The number of halogens is 1. The Labute approximate surface area is 153 Å². The second kappa shape index (κ2) is 7.30. The first-order valence-electron chi connectivity index (χ1n) is 7.30. The van der Waals surface area contributed by atoms with Crippen LogP contribution in [-0.4, -0.2) is 48.2 Å². The highest BCUT2D eigenvalue weighted by Gasteiger charge is 2.27. The molecule has 2 heterocycles. The number of nitrogens with zero attached hydrogens (tertiary/aromatic N) is 1. The van der Waals surface area contributed by atoms with Gasteiger partial charge in [-0.2, -0.15) is 16.1 Å². The van der Waals surface area contributed by atoms with Gasteiger partial charge in [0.2, 0.25) is 10.0 Å². The van der Waals surface area contributed by atoms with Crippen LogP contribution in [0.4, 0.5) is 5.69 Å². The van der Waals surface area contributed by atoms with Crippen molar-refractivity contribution in [1.82, 2.24) is 9.29 Å². The molecule has 1 fully saturated rings. The van der Waals surface area contributed by atoms with E-state index in [0.717, 1.165) is 16.0 Å². The summed E-state index contributed by atoms with van der Waals surface area (Å²) in [5.74, 6) is 1.20. The Bertz CT molecular complexity index is 845. The fraction of sp³-hybridized carbons (Fsp3) is 0.267. The highest BCUT2D eigenvalue weighted by molar-refractivity contribution is 9.10. The maximum absolute atomic E-state index is 12.6. The van der Waals surface area contributed by atoms with Crippen LogP contribution in [-0.2, 0) is 10.0 Å². The van der Waals surface area contributed by atoms with Gasteiger partial charge in [-0.15, -0.1) is 0 Å². The molecule has 128 valence electrons. The van der Waals surface area contributed by atoms with E-state index in [9.17, 15) is 13.2 Å². The molecule has 0 radical (unpaired) electrons. The molecule has 1 aliphatic rings. The number of rotatable bonds is 4. The molecule has 1 saturated heterocycles. The van der Waals surface area contributed by atoms with E-state index in [0.29, 0.717) is 18.8 Å². The third-order valence-electron chi connectivity index (χ3n) is 3.59. The number of sulfonamides is 1. The first-order valence-corrected chi connectivity index (χ1v) is 10.7. The molecule has 0 saturated carbocycles. The highest BCUT2D eigenvalue weighted by atomic mass is 79.9. The number of nitrogens with one attached hydrogen (secondary N) is 2. The molecule has 1 aliphatic heterocycles. The number of carbonyl (C=O) groups excluding carboxylic acids is 1. The molecule has 1 aromatic carbocycles. The van der Waals surface area contributed by atoms with Gasteiger partial charge >= 0.3 is 0 Å². The Morgan fingerprint density at radius 2 is 2.00 bits per heavy atom. The minimum atomic E-state index is -3.55. The second-order valence-electron chi connectivity index (χ2n) is 5.23. The lowest BCUT2D eigenvalue weighted by molar-refractivity contribution is 0.102. The topological polar surface area (TPSA) is 82.3 Å². The molecule has 9 heteroatoms. The van der Waals surface area contributed by atoms with Gasteiger partial charge in [-0.25, -0.2) is 8.42 Å². The number of aromatic nitrogens is 1. The maximum Gasteiger partial charge on any atom is 0.272 e. The van der Waals surface area contributed by atoms with Crippen LogP contribution in [0.5, 0.6) is 0 Å². The zero-order valence-electron chi connectivity index (χ0n) is 12.7. The third kappa shape index (κ3) is 3.85. The van der Waals surface area contributed by atoms with Crippen LogP contribution in [0.2, 0.25) is 0 Å². The first-order chi connectivity index (χ1) is 11.5. The van der Waals surface area contributed by atoms with Gasteiger partial charge < -0.3 is 10.3 Å². The van der Waals surface area contributed by atoms with E-state index in [1.165, 1.54) is 16.6 Å². The summed E-state index contributed by atoms with van der Waals surface area (Å²) in [4.78, 5) is 15.1. The second-order valence-corrected chi connectivity index (χ2v) is 9.31. The SMILES string of the molecule is O=C(Nc1cccc(Br)c1)c1cc(S(=O)(=O)N2CCSCC2)c[nH]1. The zero-order chi connectivity index (χ0) is 17.2. The molecule has 0 bridgehead atoms. The van der Waals surface area contributed by atoms with E-state index < -0.39 is 10.0 Å². The quantitative estimate of drug-likeness (QED) is 0.782. The Balaban J connectivity index is 1.76. The maximum atomic E-state index is 12.6. The van der Waals surface area contributed by atoms with Gasteiger partial charge in [-0.05, 0) is 24.3 Å². The monoisotopic (exact) mass is 429 g/mol. The number of anilines is 1. The molecule has 3 rings (SSSR count). The average molecular weight is 430 g/mol. The fourth-order valence-electron chi connectivity index (χ4n) is 2.36. The van der Waals surface area contributed by atoms with Crippen LogP contribution < -0.4 is 5.32 Å². The number of H-pyrrole nitrogens is 1. The predicted molar refractivity (Wildman–Crippen MR) is 99.0 cm³/mol. The molecule has 1 aromatic heterocycles. The normalized spacial score (nSPS) is 16.0. The summed E-state index contributed by atoms with van der Waals surface area (Å²) >= 11 is 5.08. The van der Waals surface area contributed by atoms with Crippen LogP contribution in [0.25, 0.3) is 0 Å². The van der Waals surface area contributed by atoms with Gasteiger partial charge in [0.05, 0.1) is 0 Å².